The SMILES string of the molecule is C[C@H](C(=O)NC(C)(C)C)N(Cc1c(Cl)cccc1Cl)C(=O)CCc1ccccc1. The molecular weight excluding hydrogens is 407 g/mol. The van der Waals surface area contributed by atoms with Crippen LogP contribution in [0, 0.1) is 0 Å². The van der Waals surface area contributed by atoms with Crippen molar-refractivity contribution in [1.82, 2.24) is 10.2 Å². The topological polar surface area (TPSA) is 49.4 Å². The molecule has 0 aromatic heterocycles. The van der Waals surface area contributed by atoms with E-state index in [1.54, 1.807) is 30.0 Å². The fraction of sp³-hybridized carbons (Fsp3) is 0.391. The number of aryl methyl sites for hydroxylation is 1. The van der Waals surface area contributed by atoms with E-state index in [1.807, 2.05) is 51.1 Å². The van der Waals surface area contributed by atoms with E-state index in [9.17, 15) is 9.59 Å². The van der Waals surface area contributed by atoms with E-state index in [4.69, 9.17) is 23.2 Å². The number of carbonyl (C=O) groups is 2. The van der Waals surface area contributed by atoms with Crippen LogP contribution in [0.2, 0.25) is 10.0 Å². The van der Waals surface area contributed by atoms with E-state index >= 15 is 0 Å². The number of hydrogen-bond acceptors (Lipinski definition) is 2. The number of nitrogens with zero attached hydrogens (tertiary/aromatic N) is 1. The summed E-state index contributed by atoms with van der Waals surface area (Å²) in [5.74, 6) is -0.338. The van der Waals surface area contributed by atoms with Gasteiger partial charge < -0.3 is 10.2 Å². The second-order valence-electron chi connectivity index (χ2n) is 8.12. The van der Waals surface area contributed by atoms with Crippen LogP contribution in [0.5, 0.6) is 0 Å². The molecule has 0 aliphatic rings. The highest BCUT2D eigenvalue weighted by Crippen LogP contribution is 2.27. The van der Waals surface area contributed by atoms with Crippen LogP contribution in [0.1, 0.15) is 45.2 Å². The van der Waals surface area contributed by atoms with Crippen molar-refractivity contribution < 1.29 is 9.59 Å². The third-order valence-corrected chi connectivity index (χ3v) is 5.23. The molecule has 156 valence electrons. The Balaban J connectivity index is 2.24. The predicted octanol–water partition coefficient (Wildman–Crippen LogP) is 5.26. The van der Waals surface area contributed by atoms with Gasteiger partial charge in [-0.3, -0.25) is 9.59 Å². The van der Waals surface area contributed by atoms with E-state index < -0.39 is 11.6 Å². The van der Waals surface area contributed by atoms with Crippen LogP contribution in [0.3, 0.4) is 0 Å². The van der Waals surface area contributed by atoms with Crippen molar-refractivity contribution in [2.45, 2.75) is 58.7 Å². The minimum absolute atomic E-state index is 0.124. The molecule has 0 heterocycles. The standard InChI is InChI=1S/C23H28Cl2N2O2/c1-16(22(29)26-23(2,3)4)27(15-18-19(24)11-8-12-20(18)25)21(28)14-13-17-9-6-5-7-10-17/h5-12,16H,13-15H2,1-4H3,(H,26,29)/t16-/m1/s1. The lowest BCUT2D eigenvalue weighted by atomic mass is 10.1. The van der Waals surface area contributed by atoms with Crippen molar-refractivity contribution in [2.24, 2.45) is 0 Å². The zero-order valence-electron chi connectivity index (χ0n) is 17.3. The minimum atomic E-state index is -0.662. The number of nitrogens with one attached hydrogen (secondary N) is 1. The number of halogens is 2. The molecule has 0 saturated carbocycles. The molecular formula is C23H28Cl2N2O2. The van der Waals surface area contributed by atoms with Crippen LogP contribution in [0.4, 0.5) is 0 Å². The van der Waals surface area contributed by atoms with Crippen LogP contribution in [0.25, 0.3) is 0 Å². The van der Waals surface area contributed by atoms with Crippen LogP contribution >= 0.6 is 23.2 Å². The molecule has 1 N–H and O–H groups in total. The van der Waals surface area contributed by atoms with E-state index in [1.165, 1.54) is 0 Å². The number of carbonyl (C=O) groups excluding carboxylic acids is 2. The number of benzene rings is 2. The van der Waals surface area contributed by atoms with Crippen molar-refractivity contribution in [3.8, 4) is 0 Å². The van der Waals surface area contributed by atoms with Gasteiger partial charge in [0.25, 0.3) is 0 Å². The van der Waals surface area contributed by atoms with Crippen molar-refractivity contribution in [2.75, 3.05) is 0 Å². The highest BCUT2D eigenvalue weighted by atomic mass is 35.5. The van der Waals surface area contributed by atoms with Gasteiger partial charge >= 0.3 is 0 Å². The molecule has 4 nitrogen and oxygen atoms in total. The molecule has 0 aliphatic carbocycles. The summed E-state index contributed by atoms with van der Waals surface area (Å²) in [6.45, 7) is 7.62. The van der Waals surface area contributed by atoms with Gasteiger partial charge in [-0.05, 0) is 51.8 Å². The maximum atomic E-state index is 13.1. The summed E-state index contributed by atoms with van der Waals surface area (Å²) < 4.78 is 0. The zero-order valence-corrected chi connectivity index (χ0v) is 18.8. The Bertz CT molecular complexity index is 827. The molecule has 0 bridgehead atoms. The van der Waals surface area contributed by atoms with E-state index in [0.29, 0.717) is 28.5 Å². The van der Waals surface area contributed by atoms with Gasteiger partial charge in [-0.1, -0.05) is 59.6 Å². The highest BCUT2D eigenvalue weighted by Gasteiger charge is 2.29. The van der Waals surface area contributed by atoms with Gasteiger partial charge in [0.1, 0.15) is 6.04 Å². The van der Waals surface area contributed by atoms with E-state index in [0.717, 1.165) is 5.56 Å². The average Bonchev–Trinajstić information content (AvgIpc) is 2.65. The quantitative estimate of drug-likeness (QED) is 0.645. The van der Waals surface area contributed by atoms with E-state index in [2.05, 4.69) is 5.32 Å². The summed E-state index contributed by atoms with van der Waals surface area (Å²) in [7, 11) is 0. The monoisotopic (exact) mass is 434 g/mol. The number of hydrogen-bond donors (Lipinski definition) is 1. The molecule has 0 saturated heterocycles. The molecule has 0 unspecified atom stereocenters. The molecule has 2 aromatic rings. The normalized spacial score (nSPS) is 12.3. The Kier molecular flexibility index (Phi) is 8.12. The van der Waals surface area contributed by atoms with Gasteiger partial charge in [-0.2, -0.15) is 0 Å². The van der Waals surface area contributed by atoms with Gasteiger partial charge in [-0.25, -0.2) is 0 Å². The van der Waals surface area contributed by atoms with Gasteiger partial charge in [0.2, 0.25) is 11.8 Å². The van der Waals surface area contributed by atoms with E-state index in [-0.39, 0.29) is 18.4 Å². The maximum absolute atomic E-state index is 13.1. The number of amides is 2. The Morgan fingerprint density at radius 3 is 2.14 bits per heavy atom. The lowest BCUT2D eigenvalue weighted by Crippen LogP contribution is -2.52. The van der Waals surface area contributed by atoms with Gasteiger partial charge in [0, 0.05) is 34.1 Å². The molecule has 2 rings (SSSR count). The zero-order chi connectivity index (χ0) is 21.6. The second kappa shape index (κ2) is 10.1. The second-order valence-corrected chi connectivity index (χ2v) is 8.94. The molecule has 2 amide bonds. The Hall–Kier alpha value is -2.04. The van der Waals surface area contributed by atoms with Crippen molar-refractivity contribution in [3.63, 3.8) is 0 Å². The average molecular weight is 435 g/mol. The van der Waals surface area contributed by atoms with Crippen LogP contribution < -0.4 is 5.32 Å². The smallest absolute Gasteiger partial charge is 0.242 e. The Labute approximate surface area is 183 Å². The van der Waals surface area contributed by atoms with Gasteiger partial charge in [0.15, 0.2) is 0 Å². The number of rotatable bonds is 7. The van der Waals surface area contributed by atoms with Crippen LogP contribution in [-0.4, -0.2) is 28.3 Å². The highest BCUT2D eigenvalue weighted by molar-refractivity contribution is 6.36. The molecule has 29 heavy (non-hydrogen) atoms. The molecule has 0 fully saturated rings. The van der Waals surface area contributed by atoms with Gasteiger partial charge in [-0.15, -0.1) is 0 Å². The first-order valence-electron chi connectivity index (χ1n) is 9.67. The third-order valence-electron chi connectivity index (χ3n) is 4.53. The molecule has 1 atom stereocenters. The largest absolute Gasteiger partial charge is 0.350 e. The maximum Gasteiger partial charge on any atom is 0.242 e. The summed E-state index contributed by atoms with van der Waals surface area (Å²) in [4.78, 5) is 27.4. The molecule has 0 aliphatic heterocycles. The molecule has 0 spiro atoms. The van der Waals surface area contributed by atoms with Crippen molar-refractivity contribution in [1.29, 1.82) is 0 Å². The lowest BCUT2D eigenvalue weighted by Gasteiger charge is -2.32. The molecule has 6 heteroatoms. The first kappa shape index (κ1) is 23.2. The Morgan fingerprint density at radius 1 is 1.00 bits per heavy atom. The first-order chi connectivity index (χ1) is 13.6. The van der Waals surface area contributed by atoms with Crippen LogP contribution in [-0.2, 0) is 22.6 Å². The fourth-order valence-corrected chi connectivity index (χ4v) is 3.47. The van der Waals surface area contributed by atoms with Crippen molar-refractivity contribution >= 4 is 35.0 Å². The summed E-state index contributed by atoms with van der Waals surface area (Å²) in [5, 5.41) is 3.89. The minimum Gasteiger partial charge on any atom is -0.350 e. The first-order valence-corrected chi connectivity index (χ1v) is 10.4. The molecule has 2 aromatic carbocycles. The predicted molar refractivity (Wildman–Crippen MR) is 119 cm³/mol. The summed E-state index contributed by atoms with van der Waals surface area (Å²) in [5.41, 5.74) is 1.31. The Morgan fingerprint density at radius 2 is 1.59 bits per heavy atom. The van der Waals surface area contributed by atoms with Crippen molar-refractivity contribution in [3.05, 3.63) is 69.7 Å². The fourth-order valence-electron chi connectivity index (χ4n) is 2.95. The lowest BCUT2D eigenvalue weighted by molar-refractivity contribution is -0.141. The summed E-state index contributed by atoms with van der Waals surface area (Å²) in [6.07, 6.45) is 0.888. The summed E-state index contributed by atoms with van der Waals surface area (Å²) in [6, 6.07) is 14.4. The van der Waals surface area contributed by atoms with Crippen LogP contribution in [0.15, 0.2) is 48.5 Å². The third kappa shape index (κ3) is 7.06. The molecule has 0 radical (unpaired) electrons. The van der Waals surface area contributed by atoms with Gasteiger partial charge in [0.05, 0.1) is 0 Å². The summed E-state index contributed by atoms with van der Waals surface area (Å²) >= 11 is 12.6.